The van der Waals surface area contributed by atoms with Crippen molar-refractivity contribution in [2.24, 2.45) is 5.41 Å². The van der Waals surface area contributed by atoms with Gasteiger partial charge in [0, 0.05) is 17.1 Å². The molecule has 1 heteroatoms. The summed E-state index contributed by atoms with van der Waals surface area (Å²) in [5.74, 6) is 0. The summed E-state index contributed by atoms with van der Waals surface area (Å²) in [6, 6.07) is 6.83. The third kappa shape index (κ3) is 2.77. The van der Waals surface area contributed by atoms with Crippen LogP contribution in [-0.2, 0) is 11.8 Å². The monoisotopic (exact) mass is 243 g/mol. The Balaban J connectivity index is 2.44. The predicted molar refractivity (Wildman–Crippen MR) is 80.2 cm³/mol. The molecule has 98 valence electrons. The number of benzene rings is 1. The van der Waals surface area contributed by atoms with Crippen LogP contribution in [0.3, 0.4) is 0 Å². The predicted octanol–water partition coefficient (Wildman–Crippen LogP) is 5.05. The number of aromatic nitrogens is 1. The van der Waals surface area contributed by atoms with E-state index in [1.807, 2.05) is 0 Å². The highest BCUT2D eigenvalue weighted by Gasteiger charge is 2.17. The molecule has 0 aliphatic carbocycles. The van der Waals surface area contributed by atoms with Crippen LogP contribution < -0.4 is 0 Å². The van der Waals surface area contributed by atoms with Crippen molar-refractivity contribution in [3.8, 4) is 0 Å². The van der Waals surface area contributed by atoms with Crippen molar-refractivity contribution in [3.63, 3.8) is 0 Å². The number of rotatable bonds is 1. The maximum Gasteiger partial charge on any atom is 0.0459 e. The van der Waals surface area contributed by atoms with Gasteiger partial charge in [-0.25, -0.2) is 0 Å². The van der Waals surface area contributed by atoms with Crippen molar-refractivity contribution in [2.75, 3.05) is 0 Å². The maximum atomic E-state index is 3.42. The Kier molecular flexibility index (Phi) is 3.04. The lowest BCUT2D eigenvalue weighted by Crippen LogP contribution is -2.10. The Morgan fingerprint density at radius 3 is 2.22 bits per heavy atom. The van der Waals surface area contributed by atoms with Gasteiger partial charge in [-0.3, -0.25) is 0 Å². The zero-order valence-corrected chi connectivity index (χ0v) is 12.5. The standard InChI is InChI=1S/C17H25N/c1-16(2,3)10-12-11-18-15-9-13(17(4,5)6)7-8-14(12)15/h7-9,11,18H,10H2,1-6H3. The highest BCUT2D eigenvalue weighted by Crippen LogP contribution is 2.30. The first-order valence-electron chi connectivity index (χ1n) is 6.77. The van der Waals surface area contributed by atoms with Gasteiger partial charge in [0.2, 0.25) is 0 Å². The first-order chi connectivity index (χ1) is 8.17. The molecule has 0 bridgehead atoms. The van der Waals surface area contributed by atoms with E-state index in [2.05, 4.69) is 70.9 Å². The topological polar surface area (TPSA) is 15.8 Å². The second-order valence-corrected chi connectivity index (χ2v) is 7.56. The summed E-state index contributed by atoms with van der Waals surface area (Å²) in [4.78, 5) is 3.42. The minimum Gasteiger partial charge on any atom is -0.361 e. The number of hydrogen-bond acceptors (Lipinski definition) is 0. The van der Waals surface area contributed by atoms with Crippen LogP contribution in [0.5, 0.6) is 0 Å². The van der Waals surface area contributed by atoms with E-state index in [4.69, 9.17) is 0 Å². The summed E-state index contributed by atoms with van der Waals surface area (Å²) in [5, 5.41) is 1.37. The molecule has 0 fully saturated rings. The minimum absolute atomic E-state index is 0.212. The number of nitrogens with one attached hydrogen (secondary N) is 1. The highest BCUT2D eigenvalue weighted by atomic mass is 14.7. The molecular weight excluding hydrogens is 218 g/mol. The fourth-order valence-corrected chi connectivity index (χ4v) is 2.37. The van der Waals surface area contributed by atoms with Crippen molar-refractivity contribution in [3.05, 3.63) is 35.5 Å². The van der Waals surface area contributed by atoms with E-state index >= 15 is 0 Å². The van der Waals surface area contributed by atoms with Gasteiger partial charge in [-0.2, -0.15) is 0 Å². The quantitative estimate of drug-likeness (QED) is 0.721. The fraction of sp³-hybridized carbons (Fsp3) is 0.529. The van der Waals surface area contributed by atoms with Gasteiger partial charge in [0.1, 0.15) is 0 Å². The molecule has 1 heterocycles. The molecule has 0 aliphatic heterocycles. The van der Waals surface area contributed by atoms with Crippen LogP contribution in [0, 0.1) is 5.41 Å². The molecule has 0 aliphatic rings. The van der Waals surface area contributed by atoms with Crippen molar-refractivity contribution in [1.29, 1.82) is 0 Å². The summed E-state index contributed by atoms with van der Waals surface area (Å²) in [6.45, 7) is 13.6. The lowest BCUT2D eigenvalue weighted by Gasteiger charge is -2.19. The normalized spacial score (nSPS) is 13.2. The third-order valence-electron chi connectivity index (χ3n) is 3.35. The van der Waals surface area contributed by atoms with Crippen LogP contribution in [-0.4, -0.2) is 4.98 Å². The SMILES string of the molecule is CC(C)(C)Cc1c[nH]c2cc(C(C)(C)C)ccc12. The fourth-order valence-electron chi connectivity index (χ4n) is 2.37. The van der Waals surface area contributed by atoms with Gasteiger partial charge in [-0.05, 0) is 34.4 Å². The van der Waals surface area contributed by atoms with Crippen LogP contribution >= 0.6 is 0 Å². The molecular formula is C17H25N. The van der Waals surface area contributed by atoms with Crippen LogP contribution in [0.15, 0.2) is 24.4 Å². The first-order valence-corrected chi connectivity index (χ1v) is 6.77. The highest BCUT2D eigenvalue weighted by molar-refractivity contribution is 5.84. The maximum absolute atomic E-state index is 3.42. The van der Waals surface area contributed by atoms with E-state index in [0.717, 1.165) is 6.42 Å². The lowest BCUT2D eigenvalue weighted by atomic mass is 9.85. The Bertz CT molecular complexity index is 547. The van der Waals surface area contributed by atoms with Crippen LogP contribution in [0.25, 0.3) is 10.9 Å². The third-order valence-corrected chi connectivity index (χ3v) is 3.35. The average Bonchev–Trinajstić information content (AvgIpc) is 2.57. The Morgan fingerprint density at radius 1 is 1.00 bits per heavy atom. The molecule has 0 spiro atoms. The summed E-state index contributed by atoms with van der Waals surface area (Å²) in [6.07, 6.45) is 3.28. The van der Waals surface area contributed by atoms with Gasteiger partial charge in [-0.1, -0.05) is 53.7 Å². The van der Waals surface area contributed by atoms with Crippen molar-refractivity contribution in [1.82, 2.24) is 4.98 Å². The van der Waals surface area contributed by atoms with E-state index in [0.29, 0.717) is 5.41 Å². The van der Waals surface area contributed by atoms with E-state index < -0.39 is 0 Å². The molecule has 0 radical (unpaired) electrons. The number of H-pyrrole nitrogens is 1. The van der Waals surface area contributed by atoms with Gasteiger partial charge in [0.15, 0.2) is 0 Å². The summed E-state index contributed by atoms with van der Waals surface area (Å²) < 4.78 is 0. The number of fused-ring (bicyclic) bond motifs is 1. The molecule has 2 aromatic rings. The van der Waals surface area contributed by atoms with Gasteiger partial charge >= 0.3 is 0 Å². The van der Waals surface area contributed by atoms with E-state index in [1.165, 1.54) is 22.0 Å². The zero-order chi connectivity index (χ0) is 13.6. The second-order valence-electron chi connectivity index (χ2n) is 7.56. The van der Waals surface area contributed by atoms with Crippen molar-refractivity contribution in [2.45, 2.75) is 53.4 Å². The van der Waals surface area contributed by atoms with Crippen molar-refractivity contribution >= 4 is 10.9 Å². The molecule has 2 rings (SSSR count). The number of hydrogen-bond donors (Lipinski definition) is 1. The van der Waals surface area contributed by atoms with Crippen molar-refractivity contribution < 1.29 is 0 Å². The number of aromatic amines is 1. The Labute approximate surface area is 111 Å². The molecule has 0 saturated carbocycles. The largest absolute Gasteiger partial charge is 0.361 e. The summed E-state index contributed by atoms with van der Waals surface area (Å²) >= 11 is 0. The van der Waals surface area contributed by atoms with Gasteiger partial charge in [0.05, 0.1) is 0 Å². The van der Waals surface area contributed by atoms with Crippen LogP contribution in [0.1, 0.15) is 52.7 Å². The molecule has 0 amide bonds. The lowest BCUT2D eigenvalue weighted by molar-refractivity contribution is 0.412. The molecule has 1 N–H and O–H groups in total. The molecule has 1 aromatic carbocycles. The molecule has 0 atom stereocenters. The summed E-state index contributed by atoms with van der Waals surface area (Å²) in [5.41, 5.74) is 4.63. The van der Waals surface area contributed by atoms with E-state index in [9.17, 15) is 0 Å². The van der Waals surface area contributed by atoms with Gasteiger partial charge in [-0.15, -0.1) is 0 Å². The zero-order valence-electron chi connectivity index (χ0n) is 12.5. The Morgan fingerprint density at radius 2 is 1.67 bits per heavy atom. The first kappa shape index (κ1) is 13.2. The van der Waals surface area contributed by atoms with Crippen LogP contribution in [0.4, 0.5) is 0 Å². The Hall–Kier alpha value is -1.24. The molecule has 0 unspecified atom stereocenters. The minimum atomic E-state index is 0.212. The molecule has 1 aromatic heterocycles. The smallest absolute Gasteiger partial charge is 0.0459 e. The van der Waals surface area contributed by atoms with E-state index in [1.54, 1.807) is 0 Å². The summed E-state index contributed by atoms with van der Waals surface area (Å²) in [7, 11) is 0. The molecule has 1 nitrogen and oxygen atoms in total. The van der Waals surface area contributed by atoms with E-state index in [-0.39, 0.29) is 5.41 Å². The van der Waals surface area contributed by atoms with Gasteiger partial charge < -0.3 is 4.98 Å². The van der Waals surface area contributed by atoms with Crippen LogP contribution in [0.2, 0.25) is 0 Å². The average molecular weight is 243 g/mol. The second kappa shape index (κ2) is 4.15. The molecule has 18 heavy (non-hydrogen) atoms. The van der Waals surface area contributed by atoms with Gasteiger partial charge in [0.25, 0.3) is 0 Å². The molecule has 0 saturated heterocycles.